The second-order valence-corrected chi connectivity index (χ2v) is 7.29. The lowest BCUT2D eigenvalue weighted by molar-refractivity contribution is -0.119. The van der Waals surface area contributed by atoms with E-state index < -0.39 is 6.04 Å². The predicted molar refractivity (Wildman–Crippen MR) is 99.7 cm³/mol. The zero-order valence-electron chi connectivity index (χ0n) is 14.7. The van der Waals surface area contributed by atoms with E-state index in [9.17, 15) is 14.0 Å². The number of carbonyl (C=O) groups is 2. The predicted octanol–water partition coefficient (Wildman–Crippen LogP) is 3.05. The van der Waals surface area contributed by atoms with Crippen molar-refractivity contribution < 1.29 is 23.5 Å². The molecule has 0 unspecified atom stereocenters. The molecule has 0 aromatic heterocycles. The molecule has 8 heteroatoms. The van der Waals surface area contributed by atoms with Crippen LogP contribution in [0.5, 0.6) is 11.5 Å². The van der Waals surface area contributed by atoms with Gasteiger partial charge in [0, 0.05) is 17.0 Å². The van der Waals surface area contributed by atoms with Crippen LogP contribution >= 0.6 is 11.8 Å². The smallest absolute Gasteiger partial charge is 0.260 e. The highest BCUT2D eigenvalue weighted by Crippen LogP contribution is 2.52. The van der Waals surface area contributed by atoms with Crippen LogP contribution in [0.1, 0.15) is 21.3 Å². The van der Waals surface area contributed by atoms with Crippen molar-refractivity contribution in [2.45, 2.75) is 11.4 Å². The maximum absolute atomic E-state index is 13.1. The van der Waals surface area contributed by atoms with Crippen molar-refractivity contribution in [3.05, 3.63) is 53.3 Å². The van der Waals surface area contributed by atoms with Crippen molar-refractivity contribution in [3.63, 3.8) is 0 Å². The number of hydrogen-bond donors (Lipinski definition) is 1. The number of hydrogen-bond acceptors (Lipinski definition) is 5. The molecule has 0 aliphatic carbocycles. The SMILES string of the molecule is COc1ccc2c(c1OC)C(=O)N1[C@@H](C(=O)Nc3ccc(F)cc3)CS[C@H]21. The lowest BCUT2D eigenvalue weighted by atomic mass is 10.1. The van der Waals surface area contributed by atoms with Gasteiger partial charge in [0.15, 0.2) is 11.5 Å². The van der Waals surface area contributed by atoms with E-state index in [0.29, 0.717) is 28.5 Å². The Balaban J connectivity index is 1.62. The largest absolute Gasteiger partial charge is 0.493 e. The maximum atomic E-state index is 13.1. The normalized spacial score (nSPS) is 20.3. The standard InChI is InChI=1S/C19H17FN2O4S/c1-25-14-8-7-12-15(16(14)26-2)18(24)22-13(9-27-19(12)22)17(23)21-11-5-3-10(20)4-6-11/h3-8,13,19H,9H2,1-2H3,(H,21,23)/t13-,19-/m1/s1. The Kier molecular flexibility index (Phi) is 4.43. The van der Waals surface area contributed by atoms with E-state index in [1.165, 1.54) is 50.2 Å². The quantitative estimate of drug-likeness (QED) is 0.872. The number of amides is 2. The minimum Gasteiger partial charge on any atom is -0.493 e. The molecule has 1 fully saturated rings. The molecule has 2 amide bonds. The number of halogens is 1. The fourth-order valence-electron chi connectivity index (χ4n) is 3.45. The van der Waals surface area contributed by atoms with Gasteiger partial charge in [0.2, 0.25) is 5.91 Å². The first kappa shape index (κ1) is 17.7. The van der Waals surface area contributed by atoms with Gasteiger partial charge in [0.05, 0.1) is 19.8 Å². The molecule has 4 rings (SSSR count). The first-order chi connectivity index (χ1) is 13.0. The van der Waals surface area contributed by atoms with Gasteiger partial charge in [0.25, 0.3) is 5.91 Å². The van der Waals surface area contributed by atoms with E-state index in [0.717, 1.165) is 5.56 Å². The summed E-state index contributed by atoms with van der Waals surface area (Å²) in [5.74, 6) is 0.405. The molecule has 0 bridgehead atoms. The molecule has 6 nitrogen and oxygen atoms in total. The Morgan fingerprint density at radius 3 is 2.59 bits per heavy atom. The topological polar surface area (TPSA) is 67.9 Å². The first-order valence-electron chi connectivity index (χ1n) is 8.30. The summed E-state index contributed by atoms with van der Waals surface area (Å²) in [5, 5.41) is 2.51. The summed E-state index contributed by atoms with van der Waals surface area (Å²) in [4.78, 5) is 27.4. The highest BCUT2D eigenvalue weighted by molar-refractivity contribution is 7.99. The van der Waals surface area contributed by atoms with E-state index in [1.807, 2.05) is 6.07 Å². The van der Waals surface area contributed by atoms with Crippen LogP contribution in [0.3, 0.4) is 0 Å². The zero-order valence-corrected chi connectivity index (χ0v) is 15.5. The summed E-state index contributed by atoms with van der Waals surface area (Å²) >= 11 is 1.53. The maximum Gasteiger partial charge on any atom is 0.260 e. The van der Waals surface area contributed by atoms with Crippen molar-refractivity contribution in [1.82, 2.24) is 4.90 Å². The van der Waals surface area contributed by atoms with Crippen molar-refractivity contribution in [2.75, 3.05) is 25.3 Å². The van der Waals surface area contributed by atoms with Crippen LogP contribution in [-0.2, 0) is 4.79 Å². The van der Waals surface area contributed by atoms with E-state index in [2.05, 4.69) is 5.32 Å². The van der Waals surface area contributed by atoms with Crippen LogP contribution in [0.25, 0.3) is 0 Å². The van der Waals surface area contributed by atoms with Crippen molar-refractivity contribution in [1.29, 1.82) is 0 Å². The summed E-state index contributed by atoms with van der Waals surface area (Å²) in [5.41, 5.74) is 1.74. The fourth-order valence-corrected chi connectivity index (χ4v) is 4.91. The average molecular weight is 388 g/mol. The number of nitrogens with zero attached hydrogens (tertiary/aromatic N) is 1. The number of methoxy groups -OCH3 is 2. The zero-order chi connectivity index (χ0) is 19.1. The highest BCUT2D eigenvalue weighted by Gasteiger charge is 2.50. The molecule has 2 aromatic rings. The highest BCUT2D eigenvalue weighted by atomic mass is 32.2. The van der Waals surface area contributed by atoms with Crippen LogP contribution in [0, 0.1) is 5.82 Å². The minimum atomic E-state index is -0.624. The Labute approximate surface area is 159 Å². The minimum absolute atomic E-state index is 0.240. The van der Waals surface area contributed by atoms with E-state index in [4.69, 9.17) is 9.47 Å². The summed E-state index contributed by atoms with van der Waals surface area (Å²) in [6.45, 7) is 0. The number of rotatable bonds is 4. The Morgan fingerprint density at radius 2 is 1.93 bits per heavy atom. The van der Waals surface area contributed by atoms with Crippen LogP contribution in [0.2, 0.25) is 0 Å². The molecule has 27 heavy (non-hydrogen) atoms. The second kappa shape index (κ2) is 6.77. The van der Waals surface area contributed by atoms with Gasteiger partial charge >= 0.3 is 0 Å². The van der Waals surface area contributed by atoms with Crippen LogP contribution in [-0.4, -0.2) is 42.7 Å². The monoisotopic (exact) mass is 388 g/mol. The van der Waals surface area contributed by atoms with Gasteiger partial charge in [-0.05, 0) is 30.3 Å². The molecule has 140 valence electrons. The van der Waals surface area contributed by atoms with Gasteiger partial charge in [-0.25, -0.2) is 4.39 Å². The lowest BCUT2D eigenvalue weighted by Crippen LogP contribution is -2.42. The summed E-state index contributed by atoms with van der Waals surface area (Å²) in [6, 6.07) is 8.50. The average Bonchev–Trinajstić information content (AvgIpc) is 3.23. The van der Waals surface area contributed by atoms with Crippen LogP contribution < -0.4 is 14.8 Å². The molecule has 0 spiro atoms. The van der Waals surface area contributed by atoms with E-state index in [1.54, 1.807) is 11.0 Å². The number of anilines is 1. The van der Waals surface area contributed by atoms with E-state index in [-0.39, 0.29) is 23.0 Å². The van der Waals surface area contributed by atoms with Gasteiger partial charge < -0.3 is 19.7 Å². The summed E-state index contributed by atoms with van der Waals surface area (Å²) in [7, 11) is 3.00. The third-order valence-corrected chi connectivity index (χ3v) is 6.01. The molecular weight excluding hydrogens is 371 g/mol. The molecule has 2 atom stereocenters. The van der Waals surface area contributed by atoms with Gasteiger partial charge in [-0.15, -0.1) is 11.8 Å². The van der Waals surface area contributed by atoms with Gasteiger partial charge in [-0.2, -0.15) is 0 Å². The van der Waals surface area contributed by atoms with Gasteiger partial charge in [-0.1, -0.05) is 6.07 Å². The van der Waals surface area contributed by atoms with Crippen molar-refractivity contribution in [3.8, 4) is 11.5 Å². The van der Waals surface area contributed by atoms with E-state index >= 15 is 0 Å². The number of nitrogens with one attached hydrogen (secondary N) is 1. The third kappa shape index (κ3) is 2.80. The summed E-state index contributed by atoms with van der Waals surface area (Å²) < 4.78 is 23.7. The number of thioether (sulfide) groups is 1. The van der Waals surface area contributed by atoms with Crippen LogP contribution in [0.4, 0.5) is 10.1 Å². The molecule has 1 saturated heterocycles. The molecule has 0 saturated carbocycles. The molecule has 2 heterocycles. The number of carbonyl (C=O) groups excluding carboxylic acids is 2. The fraction of sp³-hybridized carbons (Fsp3) is 0.263. The molecule has 0 radical (unpaired) electrons. The summed E-state index contributed by atoms with van der Waals surface area (Å²) in [6.07, 6.45) is 0. The Bertz CT molecular complexity index is 919. The molecule has 2 aromatic carbocycles. The Hall–Kier alpha value is -2.74. The van der Waals surface area contributed by atoms with Crippen molar-refractivity contribution in [2.24, 2.45) is 0 Å². The van der Waals surface area contributed by atoms with Crippen molar-refractivity contribution >= 4 is 29.3 Å². The second-order valence-electron chi connectivity index (χ2n) is 6.18. The lowest BCUT2D eigenvalue weighted by Gasteiger charge is -2.22. The number of ether oxygens (including phenoxy) is 2. The van der Waals surface area contributed by atoms with Gasteiger partial charge in [-0.3, -0.25) is 9.59 Å². The van der Waals surface area contributed by atoms with Crippen LogP contribution in [0.15, 0.2) is 36.4 Å². The van der Waals surface area contributed by atoms with Gasteiger partial charge in [0.1, 0.15) is 17.2 Å². The number of fused-ring (bicyclic) bond motifs is 3. The molecule has 2 aliphatic heterocycles. The number of benzene rings is 2. The first-order valence-corrected chi connectivity index (χ1v) is 9.35. The third-order valence-electron chi connectivity index (χ3n) is 4.71. The molecule has 1 N–H and O–H groups in total. The molecule has 2 aliphatic rings. The molecular formula is C19H17FN2O4S. The Morgan fingerprint density at radius 1 is 1.19 bits per heavy atom.